The third-order valence-corrected chi connectivity index (χ3v) is 7.75. The number of amides is 1. The van der Waals surface area contributed by atoms with Crippen LogP contribution in [-0.2, 0) is 4.79 Å². The molecule has 21 heavy (non-hydrogen) atoms. The largest absolute Gasteiger partial charge is 0.349 e. The average Bonchev–Trinajstić information content (AvgIpc) is 2.82. The zero-order valence-electron chi connectivity index (χ0n) is 13.7. The molecule has 2 heteroatoms. The van der Waals surface area contributed by atoms with Crippen LogP contribution in [0.25, 0.3) is 0 Å². The van der Waals surface area contributed by atoms with Crippen LogP contribution < -0.4 is 5.32 Å². The maximum absolute atomic E-state index is 12.0. The minimum atomic E-state index is 0.164. The smallest absolute Gasteiger partial charge is 0.246 e. The molecule has 0 aromatic rings. The highest BCUT2D eigenvalue weighted by molar-refractivity contribution is 5.94. The fraction of sp³-hybridized carbons (Fsp3) is 0.842. The second kappa shape index (κ2) is 4.36. The van der Waals surface area contributed by atoms with Gasteiger partial charge < -0.3 is 5.32 Å². The van der Waals surface area contributed by atoms with E-state index in [0.29, 0.717) is 11.5 Å². The fourth-order valence-electron chi connectivity index (χ4n) is 6.62. The van der Waals surface area contributed by atoms with Gasteiger partial charge >= 0.3 is 0 Å². The van der Waals surface area contributed by atoms with Crippen LogP contribution in [0, 0.1) is 28.6 Å². The molecule has 3 saturated carbocycles. The van der Waals surface area contributed by atoms with E-state index in [1.165, 1.54) is 44.9 Å². The number of carbonyl (C=O) groups excluding carboxylic acids is 1. The summed E-state index contributed by atoms with van der Waals surface area (Å²) in [6, 6.07) is 0.376. The summed E-state index contributed by atoms with van der Waals surface area (Å²) in [4.78, 5) is 12.0. The Kier molecular flexibility index (Phi) is 2.88. The maximum Gasteiger partial charge on any atom is 0.246 e. The highest BCUT2D eigenvalue weighted by atomic mass is 16.1. The van der Waals surface area contributed by atoms with Gasteiger partial charge in [0.2, 0.25) is 5.91 Å². The second-order valence-electron chi connectivity index (χ2n) is 8.76. The molecule has 2 nitrogen and oxygen atoms in total. The van der Waals surface area contributed by atoms with Gasteiger partial charge in [0.15, 0.2) is 0 Å². The number of carbonyl (C=O) groups is 1. The van der Waals surface area contributed by atoms with Crippen molar-refractivity contribution in [2.24, 2.45) is 28.6 Å². The molecule has 0 radical (unpaired) electrons. The van der Waals surface area contributed by atoms with Crippen LogP contribution in [0.4, 0.5) is 0 Å². The predicted octanol–water partition coefficient (Wildman–Crippen LogP) is 4.06. The normalized spacial score (nSPS) is 52.3. The number of hydrogen-bond donors (Lipinski definition) is 1. The van der Waals surface area contributed by atoms with Gasteiger partial charge in [-0.3, -0.25) is 4.79 Å². The minimum Gasteiger partial charge on any atom is -0.349 e. The Morgan fingerprint density at radius 2 is 1.90 bits per heavy atom. The molecule has 0 aromatic carbocycles. The Morgan fingerprint density at radius 3 is 2.71 bits per heavy atom. The van der Waals surface area contributed by atoms with Crippen molar-refractivity contribution in [3.63, 3.8) is 0 Å². The standard InChI is InChI=1S/C19H29NO/c1-12-11-19(3)15-8-10-18(2)9-4-5-14(18)13(15)6-7-16(19)20-17(12)21/h11,13-16H,4-10H2,1-3H3,(H,20,21)/t13-,14-,15-,16+,18-,19+/m0/s1. The lowest BCUT2D eigenvalue weighted by atomic mass is 9.48. The molecule has 0 unspecified atom stereocenters. The van der Waals surface area contributed by atoms with Crippen molar-refractivity contribution in [3.8, 4) is 0 Å². The summed E-state index contributed by atoms with van der Waals surface area (Å²) >= 11 is 0. The summed E-state index contributed by atoms with van der Waals surface area (Å²) in [6.45, 7) is 6.97. The molecule has 6 atom stereocenters. The van der Waals surface area contributed by atoms with E-state index in [0.717, 1.165) is 23.3 Å². The third kappa shape index (κ3) is 1.80. The van der Waals surface area contributed by atoms with Gasteiger partial charge in [-0.15, -0.1) is 0 Å². The highest BCUT2D eigenvalue weighted by Gasteiger charge is 2.57. The van der Waals surface area contributed by atoms with Gasteiger partial charge in [0.05, 0.1) is 0 Å². The van der Waals surface area contributed by atoms with E-state index < -0.39 is 0 Å². The molecular formula is C19H29NO. The van der Waals surface area contributed by atoms with E-state index in [9.17, 15) is 4.79 Å². The van der Waals surface area contributed by atoms with E-state index in [4.69, 9.17) is 0 Å². The summed E-state index contributed by atoms with van der Waals surface area (Å²) in [5.41, 5.74) is 1.76. The molecular weight excluding hydrogens is 258 g/mol. The Morgan fingerprint density at radius 1 is 1.10 bits per heavy atom. The monoisotopic (exact) mass is 287 g/mol. The summed E-state index contributed by atoms with van der Waals surface area (Å²) < 4.78 is 0. The first-order chi connectivity index (χ1) is 9.94. The molecule has 0 bridgehead atoms. The third-order valence-electron chi connectivity index (χ3n) is 7.75. The Labute approximate surface area is 128 Å². The molecule has 4 rings (SSSR count). The van der Waals surface area contributed by atoms with E-state index >= 15 is 0 Å². The Bertz CT molecular complexity index is 510. The fourth-order valence-corrected chi connectivity index (χ4v) is 6.62. The van der Waals surface area contributed by atoms with Crippen LogP contribution in [0.5, 0.6) is 0 Å². The average molecular weight is 287 g/mol. The van der Waals surface area contributed by atoms with E-state index in [1.54, 1.807) is 0 Å². The molecule has 116 valence electrons. The van der Waals surface area contributed by atoms with Gasteiger partial charge in [-0.2, -0.15) is 0 Å². The molecule has 1 N–H and O–H groups in total. The molecule has 0 saturated heterocycles. The van der Waals surface area contributed by atoms with Crippen molar-refractivity contribution < 1.29 is 4.79 Å². The van der Waals surface area contributed by atoms with Crippen molar-refractivity contribution in [2.45, 2.75) is 71.8 Å². The first kappa shape index (κ1) is 13.8. The lowest BCUT2D eigenvalue weighted by molar-refractivity contribution is -0.123. The van der Waals surface area contributed by atoms with Crippen molar-refractivity contribution in [1.82, 2.24) is 5.32 Å². The van der Waals surface area contributed by atoms with Gasteiger partial charge in [-0.25, -0.2) is 0 Å². The Hall–Kier alpha value is -0.790. The van der Waals surface area contributed by atoms with Crippen molar-refractivity contribution >= 4 is 5.91 Å². The summed E-state index contributed by atoms with van der Waals surface area (Å²) in [7, 11) is 0. The van der Waals surface area contributed by atoms with Crippen molar-refractivity contribution in [1.29, 1.82) is 0 Å². The lowest BCUT2D eigenvalue weighted by Crippen LogP contribution is -2.59. The highest BCUT2D eigenvalue weighted by Crippen LogP contribution is 2.63. The van der Waals surface area contributed by atoms with Gasteiger partial charge in [0, 0.05) is 17.0 Å². The van der Waals surface area contributed by atoms with E-state index in [-0.39, 0.29) is 11.3 Å². The van der Waals surface area contributed by atoms with Crippen LogP contribution in [0.3, 0.4) is 0 Å². The zero-order chi connectivity index (χ0) is 14.8. The topological polar surface area (TPSA) is 29.1 Å². The predicted molar refractivity (Wildman–Crippen MR) is 84.7 cm³/mol. The van der Waals surface area contributed by atoms with Crippen molar-refractivity contribution in [3.05, 3.63) is 11.6 Å². The quantitative estimate of drug-likeness (QED) is 0.715. The van der Waals surface area contributed by atoms with Crippen LogP contribution in [0.15, 0.2) is 11.6 Å². The number of fused-ring (bicyclic) bond motifs is 5. The first-order valence-electron chi connectivity index (χ1n) is 8.94. The summed E-state index contributed by atoms with van der Waals surface area (Å²) in [6.07, 6.45) is 12.0. The van der Waals surface area contributed by atoms with Crippen LogP contribution in [0.2, 0.25) is 0 Å². The van der Waals surface area contributed by atoms with Gasteiger partial charge in [0.1, 0.15) is 0 Å². The van der Waals surface area contributed by atoms with Crippen LogP contribution in [-0.4, -0.2) is 11.9 Å². The van der Waals surface area contributed by atoms with Crippen LogP contribution >= 0.6 is 0 Å². The summed E-state index contributed by atoms with van der Waals surface area (Å²) in [5, 5.41) is 3.30. The van der Waals surface area contributed by atoms with Gasteiger partial charge in [0.25, 0.3) is 0 Å². The Balaban J connectivity index is 1.71. The number of nitrogens with one attached hydrogen (secondary N) is 1. The lowest BCUT2D eigenvalue weighted by Gasteiger charge is -2.58. The van der Waals surface area contributed by atoms with Crippen molar-refractivity contribution in [2.75, 3.05) is 0 Å². The van der Waals surface area contributed by atoms with E-state index in [1.807, 2.05) is 6.92 Å². The van der Waals surface area contributed by atoms with Crippen LogP contribution in [0.1, 0.15) is 65.7 Å². The first-order valence-corrected chi connectivity index (χ1v) is 8.94. The molecule has 1 aliphatic heterocycles. The molecule has 1 heterocycles. The maximum atomic E-state index is 12.0. The molecule has 3 fully saturated rings. The molecule has 0 aromatic heterocycles. The minimum absolute atomic E-state index is 0.164. The molecule has 3 aliphatic carbocycles. The van der Waals surface area contributed by atoms with Gasteiger partial charge in [-0.1, -0.05) is 26.3 Å². The second-order valence-corrected chi connectivity index (χ2v) is 8.76. The SMILES string of the molecule is CC1=C[C@@]2(C)[C@@H](CC[C@H]3[C@@H]4CCC[C@@]4(C)CC[C@@H]32)NC1=O. The zero-order valence-corrected chi connectivity index (χ0v) is 13.7. The molecule has 4 aliphatic rings. The number of hydrogen-bond acceptors (Lipinski definition) is 1. The number of rotatable bonds is 0. The molecule has 0 spiro atoms. The van der Waals surface area contributed by atoms with E-state index in [2.05, 4.69) is 25.2 Å². The van der Waals surface area contributed by atoms with Gasteiger partial charge in [-0.05, 0) is 68.6 Å². The molecule has 1 amide bonds. The summed E-state index contributed by atoms with van der Waals surface area (Å²) in [5.74, 6) is 2.78.